The lowest BCUT2D eigenvalue weighted by atomic mass is 10.1. The van der Waals surface area contributed by atoms with Crippen LogP contribution in [0.5, 0.6) is 0 Å². The predicted octanol–water partition coefficient (Wildman–Crippen LogP) is 2.65. The first-order valence-corrected chi connectivity index (χ1v) is 9.88. The van der Waals surface area contributed by atoms with Gasteiger partial charge < -0.3 is 5.32 Å². The van der Waals surface area contributed by atoms with Gasteiger partial charge in [0.05, 0.1) is 23.6 Å². The lowest BCUT2D eigenvalue weighted by Gasteiger charge is -2.17. The summed E-state index contributed by atoms with van der Waals surface area (Å²) >= 11 is 3.64. The number of benzene rings is 2. The maximum Gasteiger partial charge on any atom is 0.116 e. The molecule has 6 nitrogen and oxygen atoms in total. The van der Waals surface area contributed by atoms with E-state index < -0.39 is 0 Å². The van der Waals surface area contributed by atoms with Crippen LogP contribution in [0.15, 0.2) is 60.7 Å². The smallest absolute Gasteiger partial charge is 0.116 e. The van der Waals surface area contributed by atoms with Gasteiger partial charge in [-0.3, -0.25) is 9.56 Å². The molecule has 2 atom stereocenters. The van der Waals surface area contributed by atoms with Crippen molar-refractivity contribution in [3.63, 3.8) is 0 Å². The van der Waals surface area contributed by atoms with E-state index in [1.807, 2.05) is 6.07 Å². The van der Waals surface area contributed by atoms with E-state index in [2.05, 4.69) is 91.7 Å². The van der Waals surface area contributed by atoms with Gasteiger partial charge in [0.15, 0.2) is 0 Å². The fourth-order valence-corrected chi connectivity index (χ4v) is 4.29. The Bertz CT molecular complexity index is 886. The molecule has 0 saturated carbocycles. The van der Waals surface area contributed by atoms with E-state index in [9.17, 15) is 0 Å². The van der Waals surface area contributed by atoms with Gasteiger partial charge in [0.25, 0.3) is 0 Å². The number of hydrogen-bond donors (Lipinski definition) is 2. The van der Waals surface area contributed by atoms with E-state index in [1.165, 1.54) is 11.3 Å². The van der Waals surface area contributed by atoms with Crippen molar-refractivity contribution in [1.82, 2.24) is 25.2 Å². The van der Waals surface area contributed by atoms with E-state index >= 15 is 0 Å². The molecule has 0 bridgehead atoms. The highest BCUT2D eigenvalue weighted by atomic mass is 35.5. The van der Waals surface area contributed by atoms with Crippen LogP contribution >= 0.6 is 11.9 Å². The van der Waals surface area contributed by atoms with Crippen LogP contribution < -0.4 is 5.32 Å². The van der Waals surface area contributed by atoms with Crippen LogP contribution in [0.1, 0.15) is 17.3 Å². The molecule has 0 amide bonds. The molecule has 1 fully saturated rings. The van der Waals surface area contributed by atoms with Gasteiger partial charge in [0.1, 0.15) is 5.69 Å². The van der Waals surface area contributed by atoms with Crippen molar-refractivity contribution in [2.75, 3.05) is 19.6 Å². The zero-order valence-electron chi connectivity index (χ0n) is 15.6. The molecule has 28 heavy (non-hydrogen) atoms. The normalized spacial score (nSPS) is 21.2. The molecule has 3 heterocycles. The summed E-state index contributed by atoms with van der Waals surface area (Å²) in [5, 5.41) is 12.9. The minimum absolute atomic E-state index is 0.348. The highest BCUT2D eigenvalue weighted by Crippen LogP contribution is 2.30. The Kier molecular flexibility index (Phi) is 6.02. The number of nitrogens with one attached hydrogen (secondary N) is 1. The minimum Gasteiger partial charge on any atom is -0.310 e. The molecule has 1 saturated heterocycles. The number of aromatic nitrogens is 3. The van der Waals surface area contributed by atoms with Crippen molar-refractivity contribution in [3.8, 4) is 11.3 Å². The number of likely N-dealkylation sites (tertiary alicyclic amines) is 1. The molecule has 2 aliphatic rings. The first-order valence-electron chi connectivity index (χ1n) is 9.54. The molecule has 0 aliphatic carbocycles. The lowest BCUT2D eigenvalue weighted by molar-refractivity contribution is 0.308. The number of fused-ring (bicyclic) bond motifs is 3. The van der Waals surface area contributed by atoms with Gasteiger partial charge in [-0.1, -0.05) is 65.9 Å². The van der Waals surface area contributed by atoms with Crippen LogP contribution in [0.3, 0.4) is 0 Å². The minimum atomic E-state index is 0.348. The second-order valence-corrected chi connectivity index (χ2v) is 7.25. The summed E-state index contributed by atoms with van der Waals surface area (Å²) in [7, 11) is 0. The third-order valence-electron chi connectivity index (χ3n) is 5.53. The quantitative estimate of drug-likeness (QED) is 0.711. The Morgan fingerprint density at radius 1 is 1.00 bits per heavy atom. The van der Waals surface area contributed by atoms with Crippen molar-refractivity contribution < 1.29 is 4.66 Å². The van der Waals surface area contributed by atoms with Crippen LogP contribution in [-0.2, 0) is 13.0 Å². The summed E-state index contributed by atoms with van der Waals surface area (Å²) in [6.45, 7) is 4.04. The highest BCUT2D eigenvalue weighted by molar-refractivity contribution is 6.04. The van der Waals surface area contributed by atoms with Crippen molar-refractivity contribution in [1.29, 1.82) is 0 Å². The Labute approximate surface area is 169 Å². The standard InChI is InChI=1S/C21H23N5.ClHO/c1-3-7-16(8-4-1)13-25-14-18-20(15-25)26-19(11-12-22-18)21(23-24-26)17-9-5-2-6-10-17;1-2/h1-10,18,20,22H,11-15H2;2H. The Balaban J connectivity index is 0.000000932. The molecule has 2 N–H and O–H groups in total. The van der Waals surface area contributed by atoms with Crippen LogP contribution in [-0.4, -0.2) is 50.2 Å². The van der Waals surface area contributed by atoms with E-state index in [0.717, 1.165) is 43.9 Å². The SMILES string of the molecule is OCl.c1ccc(CN2CC3NCCc4c(-c5ccccc5)nnn4C3C2)cc1. The molecule has 2 aliphatic heterocycles. The molecule has 2 unspecified atom stereocenters. The molecule has 3 aromatic rings. The molecule has 2 aromatic carbocycles. The van der Waals surface area contributed by atoms with Gasteiger partial charge in [-0.15, -0.1) is 5.10 Å². The number of rotatable bonds is 3. The summed E-state index contributed by atoms with van der Waals surface area (Å²) in [5.41, 5.74) is 4.83. The monoisotopic (exact) mass is 397 g/mol. The largest absolute Gasteiger partial charge is 0.310 e. The summed E-state index contributed by atoms with van der Waals surface area (Å²) in [4.78, 5) is 2.52. The van der Waals surface area contributed by atoms with Crippen LogP contribution in [0, 0.1) is 0 Å². The fourth-order valence-electron chi connectivity index (χ4n) is 4.29. The van der Waals surface area contributed by atoms with Gasteiger partial charge in [-0.05, 0) is 5.56 Å². The maximum absolute atomic E-state index is 6.47. The highest BCUT2D eigenvalue weighted by Gasteiger charge is 2.37. The first-order chi connectivity index (χ1) is 13.9. The van der Waals surface area contributed by atoms with Crippen LogP contribution in [0.25, 0.3) is 11.3 Å². The third-order valence-corrected chi connectivity index (χ3v) is 5.53. The van der Waals surface area contributed by atoms with Crippen molar-refractivity contribution >= 4 is 11.9 Å². The van der Waals surface area contributed by atoms with Gasteiger partial charge in [-0.25, -0.2) is 4.68 Å². The second-order valence-electron chi connectivity index (χ2n) is 7.25. The number of halogens is 1. The van der Waals surface area contributed by atoms with E-state index in [-0.39, 0.29) is 0 Å². The average molecular weight is 398 g/mol. The molecule has 0 spiro atoms. The Hall–Kier alpha value is -2.25. The number of hydrogen-bond acceptors (Lipinski definition) is 5. The summed E-state index contributed by atoms with van der Waals surface area (Å²) in [6.07, 6.45) is 0.975. The molecule has 146 valence electrons. The zero-order valence-corrected chi connectivity index (χ0v) is 16.3. The van der Waals surface area contributed by atoms with Crippen LogP contribution in [0.4, 0.5) is 0 Å². The second kappa shape index (κ2) is 8.84. The molecule has 1 aromatic heterocycles. The van der Waals surface area contributed by atoms with E-state index in [4.69, 9.17) is 4.66 Å². The van der Waals surface area contributed by atoms with Gasteiger partial charge in [0, 0.05) is 44.2 Å². The number of nitrogens with zero attached hydrogens (tertiary/aromatic N) is 4. The summed E-state index contributed by atoms with van der Waals surface area (Å²) in [5.74, 6) is 0. The van der Waals surface area contributed by atoms with Crippen molar-refractivity contribution in [2.24, 2.45) is 0 Å². The van der Waals surface area contributed by atoms with E-state index in [0.29, 0.717) is 12.1 Å². The molecular weight excluding hydrogens is 374 g/mol. The van der Waals surface area contributed by atoms with Crippen LogP contribution in [0.2, 0.25) is 0 Å². The molecule has 0 radical (unpaired) electrons. The zero-order chi connectivity index (χ0) is 19.3. The van der Waals surface area contributed by atoms with Crippen molar-refractivity contribution in [2.45, 2.75) is 25.0 Å². The Morgan fingerprint density at radius 3 is 2.46 bits per heavy atom. The van der Waals surface area contributed by atoms with Gasteiger partial charge in [-0.2, -0.15) is 0 Å². The van der Waals surface area contributed by atoms with Crippen molar-refractivity contribution in [3.05, 3.63) is 71.9 Å². The fraction of sp³-hybridized carbons (Fsp3) is 0.333. The molecule has 5 rings (SSSR count). The molecular formula is C21H24ClN5O. The maximum atomic E-state index is 6.47. The Morgan fingerprint density at radius 2 is 1.71 bits per heavy atom. The molecule has 7 heteroatoms. The third kappa shape index (κ3) is 3.82. The van der Waals surface area contributed by atoms with Gasteiger partial charge in [0.2, 0.25) is 0 Å². The summed E-state index contributed by atoms with van der Waals surface area (Å²) < 4.78 is 8.66. The first kappa shape index (κ1) is 19.1. The topological polar surface area (TPSA) is 66.2 Å². The lowest BCUT2D eigenvalue weighted by Crippen LogP contribution is -2.36. The van der Waals surface area contributed by atoms with E-state index in [1.54, 1.807) is 0 Å². The summed E-state index contributed by atoms with van der Waals surface area (Å²) in [6, 6.07) is 21.9. The van der Waals surface area contributed by atoms with Gasteiger partial charge >= 0.3 is 0 Å². The predicted molar refractivity (Wildman–Crippen MR) is 110 cm³/mol. The average Bonchev–Trinajstić information content (AvgIpc) is 3.31.